The van der Waals surface area contributed by atoms with Crippen molar-refractivity contribution in [1.82, 2.24) is 10.1 Å². The first-order chi connectivity index (χ1) is 15.5. The van der Waals surface area contributed by atoms with Crippen LogP contribution in [0.15, 0.2) is 47.0 Å². The van der Waals surface area contributed by atoms with E-state index in [0.717, 1.165) is 11.1 Å². The average Bonchev–Trinajstić information content (AvgIpc) is 3.17. The van der Waals surface area contributed by atoms with Crippen molar-refractivity contribution in [1.29, 1.82) is 0 Å². The molecule has 5 rings (SSSR count). The molecule has 0 fully saturated rings. The molecule has 0 saturated carbocycles. The highest BCUT2D eigenvalue weighted by atomic mass is 19.1. The van der Waals surface area contributed by atoms with Crippen molar-refractivity contribution < 1.29 is 27.9 Å². The summed E-state index contributed by atoms with van der Waals surface area (Å²) in [7, 11) is 0. The average molecular weight is 434 g/mol. The van der Waals surface area contributed by atoms with Crippen LogP contribution in [0.25, 0.3) is 22.4 Å². The van der Waals surface area contributed by atoms with Gasteiger partial charge in [0, 0.05) is 16.7 Å². The summed E-state index contributed by atoms with van der Waals surface area (Å²) in [6.07, 6.45) is 0. The van der Waals surface area contributed by atoms with Gasteiger partial charge in [0.2, 0.25) is 0 Å². The molecule has 0 unspecified atom stereocenters. The molecular weight excluding hydrogens is 415 g/mol. The molecule has 1 aliphatic heterocycles. The van der Waals surface area contributed by atoms with Gasteiger partial charge < -0.3 is 18.7 Å². The molecule has 0 atom stereocenters. The zero-order valence-corrected chi connectivity index (χ0v) is 17.5. The topological polar surface area (TPSA) is 83.7 Å². The molecule has 0 aliphatic carbocycles. The maximum atomic E-state index is 14.0. The first kappa shape index (κ1) is 20.1. The number of benzene rings is 2. The molecule has 0 bridgehead atoms. The van der Waals surface area contributed by atoms with E-state index in [9.17, 15) is 9.18 Å². The predicted octanol–water partition coefficient (Wildman–Crippen LogP) is 4.87. The molecule has 2 aromatic carbocycles. The fourth-order valence-electron chi connectivity index (χ4n) is 3.71. The Hall–Kier alpha value is -3.78. The van der Waals surface area contributed by atoms with E-state index >= 15 is 0 Å². The maximum Gasteiger partial charge on any atom is 0.339 e. The van der Waals surface area contributed by atoms with Gasteiger partial charge in [0.05, 0.1) is 28.9 Å². The molecule has 0 radical (unpaired) electrons. The largest absolute Gasteiger partial charge is 0.467 e. The van der Waals surface area contributed by atoms with E-state index in [1.165, 1.54) is 12.1 Å². The van der Waals surface area contributed by atoms with Crippen molar-refractivity contribution in [2.45, 2.75) is 27.1 Å². The van der Waals surface area contributed by atoms with E-state index in [4.69, 9.17) is 18.7 Å². The van der Waals surface area contributed by atoms with Gasteiger partial charge in [-0.05, 0) is 32.0 Å². The molecule has 4 aromatic rings. The molecule has 32 heavy (non-hydrogen) atoms. The molecule has 0 saturated heterocycles. The van der Waals surface area contributed by atoms with Crippen LogP contribution in [0.5, 0.6) is 5.75 Å². The second-order valence-corrected chi connectivity index (χ2v) is 7.61. The minimum absolute atomic E-state index is 0.0599. The number of hydrogen-bond donors (Lipinski definition) is 0. The van der Waals surface area contributed by atoms with Gasteiger partial charge in [0.25, 0.3) is 5.71 Å². The Morgan fingerprint density at radius 1 is 1.16 bits per heavy atom. The summed E-state index contributed by atoms with van der Waals surface area (Å²) in [5, 5.41) is 4.43. The Morgan fingerprint density at radius 2 is 1.97 bits per heavy atom. The van der Waals surface area contributed by atoms with Gasteiger partial charge in [-0.2, -0.15) is 0 Å². The second kappa shape index (κ2) is 8.05. The number of halogens is 1. The van der Waals surface area contributed by atoms with E-state index in [0.29, 0.717) is 33.7 Å². The number of carbonyl (C=O) groups excluding carboxylic acids is 1. The van der Waals surface area contributed by atoms with Crippen LogP contribution in [0.1, 0.15) is 32.7 Å². The third-order valence-electron chi connectivity index (χ3n) is 5.29. The van der Waals surface area contributed by atoms with Crippen molar-refractivity contribution in [3.63, 3.8) is 0 Å². The van der Waals surface area contributed by atoms with Crippen LogP contribution in [-0.2, 0) is 22.7 Å². The summed E-state index contributed by atoms with van der Waals surface area (Å²) < 4.78 is 35.6. The monoisotopic (exact) mass is 434 g/mol. The summed E-state index contributed by atoms with van der Waals surface area (Å²) in [5.74, 6) is -0.569. The lowest BCUT2D eigenvalue weighted by Crippen LogP contribution is -2.15. The van der Waals surface area contributed by atoms with Crippen molar-refractivity contribution in [2.75, 3.05) is 6.79 Å². The number of aromatic nitrogens is 2. The van der Waals surface area contributed by atoms with Gasteiger partial charge in [-0.3, -0.25) is 0 Å². The predicted molar refractivity (Wildman–Crippen MR) is 113 cm³/mol. The van der Waals surface area contributed by atoms with Gasteiger partial charge in [0.1, 0.15) is 18.2 Å². The third-order valence-corrected chi connectivity index (χ3v) is 5.29. The van der Waals surface area contributed by atoms with Crippen molar-refractivity contribution in [2.24, 2.45) is 0 Å². The minimum Gasteiger partial charge on any atom is -0.467 e. The highest BCUT2D eigenvalue weighted by molar-refractivity contribution is 6.04. The summed E-state index contributed by atoms with van der Waals surface area (Å²) in [6.45, 7) is 3.85. The maximum absolute atomic E-state index is 14.0. The van der Waals surface area contributed by atoms with Crippen LogP contribution in [0, 0.1) is 19.7 Å². The van der Waals surface area contributed by atoms with E-state index in [1.54, 1.807) is 13.0 Å². The Labute approximate surface area is 182 Å². The van der Waals surface area contributed by atoms with E-state index < -0.39 is 11.8 Å². The quantitative estimate of drug-likeness (QED) is 0.424. The van der Waals surface area contributed by atoms with Crippen LogP contribution < -0.4 is 4.74 Å². The minimum atomic E-state index is -0.595. The standard InChI is InChI=1S/C24H19FN2O5/c1-13-3-5-15(6-4-13)20-9-19(21-14(2)27-32-23(21)26-20)24(28)30-11-17-8-18(25)7-16-10-29-12-31-22(16)17/h3-9H,10-12H2,1-2H3. The molecule has 1 aliphatic rings. The summed E-state index contributed by atoms with van der Waals surface area (Å²) in [5.41, 5.74) is 4.55. The highest BCUT2D eigenvalue weighted by Gasteiger charge is 2.22. The number of hydrogen-bond acceptors (Lipinski definition) is 7. The SMILES string of the molecule is Cc1ccc(-c2cc(C(=O)OCc3cc(F)cc4c3OCOC4)c3c(C)noc3n2)cc1. The summed E-state index contributed by atoms with van der Waals surface area (Å²) >= 11 is 0. The van der Waals surface area contributed by atoms with Crippen LogP contribution in [0.3, 0.4) is 0 Å². The molecule has 0 amide bonds. The van der Waals surface area contributed by atoms with E-state index in [-0.39, 0.29) is 31.3 Å². The van der Waals surface area contributed by atoms with Crippen LogP contribution >= 0.6 is 0 Å². The number of nitrogens with zero attached hydrogens (tertiary/aromatic N) is 2. The number of ether oxygens (including phenoxy) is 3. The zero-order valence-electron chi connectivity index (χ0n) is 17.5. The Kier molecular flexibility index (Phi) is 5.07. The normalized spacial score (nSPS) is 13.0. The first-order valence-electron chi connectivity index (χ1n) is 10.0. The number of fused-ring (bicyclic) bond motifs is 2. The summed E-state index contributed by atoms with van der Waals surface area (Å²) in [6, 6.07) is 12.1. The molecule has 0 spiro atoms. The van der Waals surface area contributed by atoms with Gasteiger partial charge in [-0.15, -0.1) is 0 Å². The van der Waals surface area contributed by atoms with Crippen molar-refractivity contribution in [3.8, 4) is 17.0 Å². The lowest BCUT2D eigenvalue weighted by atomic mass is 10.0. The lowest BCUT2D eigenvalue weighted by Gasteiger charge is -2.20. The molecule has 2 aromatic heterocycles. The molecule has 8 heteroatoms. The molecule has 162 valence electrons. The van der Waals surface area contributed by atoms with Crippen LogP contribution in [0.4, 0.5) is 4.39 Å². The third kappa shape index (κ3) is 3.69. The van der Waals surface area contributed by atoms with E-state index in [2.05, 4.69) is 10.1 Å². The Balaban J connectivity index is 1.49. The van der Waals surface area contributed by atoms with Crippen molar-refractivity contribution in [3.05, 3.63) is 76.2 Å². The van der Waals surface area contributed by atoms with Gasteiger partial charge in [-0.25, -0.2) is 14.2 Å². The van der Waals surface area contributed by atoms with Gasteiger partial charge in [-0.1, -0.05) is 35.0 Å². The molecule has 3 heterocycles. The Morgan fingerprint density at radius 3 is 2.78 bits per heavy atom. The number of carbonyl (C=O) groups is 1. The first-order valence-corrected chi connectivity index (χ1v) is 10.0. The summed E-state index contributed by atoms with van der Waals surface area (Å²) in [4.78, 5) is 17.6. The number of rotatable bonds is 4. The van der Waals surface area contributed by atoms with Crippen LogP contribution in [-0.4, -0.2) is 22.9 Å². The Bertz CT molecular complexity index is 1330. The fraction of sp³-hybridized carbons (Fsp3) is 0.208. The second-order valence-electron chi connectivity index (χ2n) is 7.61. The lowest BCUT2D eigenvalue weighted by molar-refractivity contribution is -0.0182. The molecular formula is C24H19FN2O5. The number of pyridine rings is 1. The highest BCUT2D eigenvalue weighted by Crippen LogP contribution is 2.31. The number of esters is 1. The fourth-order valence-corrected chi connectivity index (χ4v) is 3.71. The van der Waals surface area contributed by atoms with Gasteiger partial charge >= 0.3 is 5.97 Å². The zero-order chi connectivity index (χ0) is 22.2. The molecule has 0 N–H and O–H groups in total. The number of aryl methyl sites for hydroxylation is 2. The van der Waals surface area contributed by atoms with Crippen molar-refractivity contribution >= 4 is 17.1 Å². The van der Waals surface area contributed by atoms with Gasteiger partial charge in [0.15, 0.2) is 6.79 Å². The molecule has 7 nitrogen and oxygen atoms in total. The smallest absolute Gasteiger partial charge is 0.339 e. The van der Waals surface area contributed by atoms with E-state index in [1.807, 2.05) is 31.2 Å². The van der Waals surface area contributed by atoms with Crippen LogP contribution in [0.2, 0.25) is 0 Å².